The topological polar surface area (TPSA) is 24.1 Å². The number of hydrazine groups is 1. The molecule has 0 bridgehead atoms. The largest absolute Gasteiger partial charge is 0.257 e. The molecule has 1 aliphatic rings. The molecular weight excluding hydrogens is 160 g/mol. The number of benzene rings is 1. The predicted molar refractivity (Wildman–Crippen MR) is 54.6 cm³/mol. The van der Waals surface area contributed by atoms with Crippen LogP contribution in [0, 0.1) is 0 Å². The van der Waals surface area contributed by atoms with Gasteiger partial charge in [-0.15, -0.1) is 0 Å². The minimum atomic E-state index is 0.644. The van der Waals surface area contributed by atoms with Crippen molar-refractivity contribution in [1.29, 1.82) is 0 Å². The molecule has 1 aliphatic heterocycles. The fourth-order valence-electron chi connectivity index (χ4n) is 1.72. The zero-order valence-electron chi connectivity index (χ0n) is 8.01. The second-order valence-electron chi connectivity index (χ2n) is 3.55. The van der Waals surface area contributed by atoms with Crippen molar-refractivity contribution in [2.75, 3.05) is 13.1 Å². The van der Waals surface area contributed by atoms with Crippen LogP contribution in [0.5, 0.6) is 0 Å². The molecule has 70 valence electrons. The van der Waals surface area contributed by atoms with Crippen LogP contribution < -0.4 is 10.9 Å². The predicted octanol–water partition coefficient (Wildman–Crippen LogP) is 1.44. The lowest BCUT2D eigenvalue weighted by molar-refractivity contribution is 0.689. The van der Waals surface area contributed by atoms with Crippen LogP contribution in [0.4, 0.5) is 0 Å². The molecule has 1 heterocycles. The average Bonchev–Trinajstić information content (AvgIpc) is 2.71. The van der Waals surface area contributed by atoms with Crippen LogP contribution in [-0.4, -0.2) is 13.1 Å². The third-order valence-corrected chi connectivity index (χ3v) is 2.68. The smallest absolute Gasteiger partial charge is 0.0181 e. The molecule has 0 aliphatic carbocycles. The number of aryl methyl sites for hydroxylation is 1. The molecule has 0 radical (unpaired) electrons. The summed E-state index contributed by atoms with van der Waals surface area (Å²) >= 11 is 0. The van der Waals surface area contributed by atoms with Crippen LogP contribution in [0.25, 0.3) is 0 Å². The quantitative estimate of drug-likeness (QED) is 0.712. The SMILES string of the molecule is CCc1ccc(C2CNNC2)cc1. The first-order valence-electron chi connectivity index (χ1n) is 4.94. The second kappa shape index (κ2) is 3.90. The molecule has 0 unspecified atom stereocenters. The maximum atomic E-state index is 3.15. The van der Waals surface area contributed by atoms with Crippen molar-refractivity contribution in [1.82, 2.24) is 10.9 Å². The van der Waals surface area contributed by atoms with Gasteiger partial charge in [0.15, 0.2) is 0 Å². The zero-order chi connectivity index (χ0) is 9.10. The van der Waals surface area contributed by atoms with Gasteiger partial charge in [0.2, 0.25) is 0 Å². The summed E-state index contributed by atoms with van der Waals surface area (Å²) in [4.78, 5) is 0. The summed E-state index contributed by atoms with van der Waals surface area (Å²) in [6, 6.07) is 8.96. The van der Waals surface area contributed by atoms with Crippen molar-refractivity contribution in [2.24, 2.45) is 0 Å². The standard InChI is InChI=1S/C11H16N2/c1-2-9-3-5-10(6-4-9)11-7-12-13-8-11/h3-6,11-13H,2,7-8H2,1H3. The van der Waals surface area contributed by atoms with E-state index in [0.717, 1.165) is 19.5 Å². The lowest BCUT2D eigenvalue weighted by Crippen LogP contribution is -2.21. The first-order valence-corrected chi connectivity index (χ1v) is 4.94. The van der Waals surface area contributed by atoms with Crippen molar-refractivity contribution in [3.8, 4) is 0 Å². The molecule has 1 saturated heterocycles. The van der Waals surface area contributed by atoms with E-state index < -0.39 is 0 Å². The van der Waals surface area contributed by atoms with Crippen molar-refractivity contribution in [3.05, 3.63) is 35.4 Å². The van der Waals surface area contributed by atoms with Gasteiger partial charge >= 0.3 is 0 Å². The molecule has 1 aromatic carbocycles. The third kappa shape index (κ3) is 1.90. The Kier molecular flexibility index (Phi) is 2.62. The van der Waals surface area contributed by atoms with Crippen LogP contribution >= 0.6 is 0 Å². The highest BCUT2D eigenvalue weighted by Gasteiger charge is 2.15. The van der Waals surface area contributed by atoms with Crippen LogP contribution in [0.3, 0.4) is 0 Å². The zero-order valence-corrected chi connectivity index (χ0v) is 8.01. The van der Waals surface area contributed by atoms with Crippen molar-refractivity contribution in [2.45, 2.75) is 19.3 Å². The highest BCUT2D eigenvalue weighted by molar-refractivity contribution is 5.26. The van der Waals surface area contributed by atoms with Gasteiger partial charge < -0.3 is 0 Å². The molecule has 0 aromatic heterocycles. The summed E-state index contributed by atoms with van der Waals surface area (Å²) < 4.78 is 0. The Balaban J connectivity index is 2.12. The molecule has 2 N–H and O–H groups in total. The maximum absolute atomic E-state index is 3.15. The van der Waals surface area contributed by atoms with Crippen LogP contribution in [0.2, 0.25) is 0 Å². The Hall–Kier alpha value is -0.860. The highest BCUT2D eigenvalue weighted by Crippen LogP contribution is 2.17. The Morgan fingerprint density at radius 3 is 2.31 bits per heavy atom. The molecule has 13 heavy (non-hydrogen) atoms. The third-order valence-electron chi connectivity index (χ3n) is 2.68. The monoisotopic (exact) mass is 176 g/mol. The molecule has 2 heteroatoms. The Bertz CT molecular complexity index is 260. The summed E-state index contributed by atoms with van der Waals surface area (Å²) in [7, 11) is 0. The van der Waals surface area contributed by atoms with E-state index in [1.807, 2.05) is 0 Å². The van der Waals surface area contributed by atoms with E-state index in [1.54, 1.807) is 0 Å². The summed E-state index contributed by atoms with van der Waals surface area (Å²) in [6.45, 7) is 4.28. The number of hydrogen-bond donors (Lipinski definition) is 2. The molecule has 0 amide bonds. The summed E-state index contributed by atoms with van der Waals surface area (Å²) in [6.07, 6.45) is 1.13. The van der Waals surface area contributed by atoms with Crippen molar-refractivity contribution in [3.63, 3.8) is 0 Å². The summed E-state index contributed by atoms with van der Waals surface area (Å²) in [5.41, 5.74) is 9.16. The van der Waals surface area contributed by atoms with Gasteiger partial charge in [-0.1, -0.05) is 31.2 Å². The van der Waals surface area contributed by atoms with E-state index in [4.69, 9.17) is 0 Å². The van der Waals surface area contributed by atoms with Gasteiger partial charge in [0.1, 0.15) is 0 Å². The Morgan fingerprint density at radius 1 is 1.15 bits per heavy atom. The summed E-state index contributed by atoms with van der Waals surface area (Å²) in [5.74, 6) is 0.644. The molecule has 0 saturated carbocycles. The molecule has 1 fully saturated rings. The minimum absolute atomic E-state index is 0.644. The minimum Gasteiger partial charge on any atom is -0.257 e. The fraction of sp³-hybridized carbons (Fsp3) is 0.455. The first-order chi connectivity index (χ1) is 6.40. The number of nitrogens with one attached hydrogen (secondary N) is 2. The van der Waals surface area contributed by atoms with Crippen molar-refractivity contribution < 1.29 is 0 Å². The number of hydrogen-bond acceptors (Lipinski definition) is 2. The second-order valence-corrected chi connectivity index (χ2v) is 3.55. The summed E-state index contributed by atoms with van der Waals surface area (Å²) in [5, 5.41) is 0. The molecule has 2 rings (SSSR count). The van der Waals surface area contributed by atoms with Gasteiger partial charge in [0, 0.05) is 19.0 Å². The molecule has 1 aromatic rings. The first kappa shape index (κ1) is 8.73. The van der Waals surface area contributed by atoms with E-state index >= 15 is 0 Å². The highest BCUT2D eigenvalue weighted by atomic mass is 15.4. The lowest BCUT2D eigenvalue weighted by atomic mass is 9.99. The van der Waals surface area contributed by atoms with E-state index in [9.17, 15) is 0 Å². The van der Waals surface area contributed by atoms with Crippen LogP contribution in [0.15, 0.2) is 24.3 Å². The Morgan fingerprint density at radius 2 is 1.77 bits per heavy atom. The molecular formula is C11H16N2. The van der Waals surface area contributed by atoms with Gasteiger partial charge in [-0.3, -0.25) is 10.9 Å². The van der Waals surface area contributed by atoms with Gasteiger partial charge in [0.05, 0.1) is 0 Å². The molecule has 2 nitrogen and oxygen atoms in total. The van der Waals surface area contributed by atoms with E-state index in [1.165, 1.54) is 11.1 Å². The van der Waals surface area contributed by atoms with Gasteiger partial charge in [-0.05, 0) is 17.5 Å². The lowest BCUT2D eigenvalue weighted by Gasteiger charge is -2.07. The normalized spacial score (nSPS) is 17.9. The van der Waals surface area contributed by atoms with E-state index in [0.29, 0.717) is 5.92 Å². The molecule has 0 atom stereocenters. The van der Waals surface area contributed by atoms with Gasteiger partial charge in [-0.25, -0.2) is 0 Å². The van der Waals surface area contributed by atoms with Crippen molar-refractivity contribution >= 4 is 0 Å². The van der Waals surface area contributed by atoms with Crippen LogP contribution in [-0.2, 0) is 6.42 Å². The van der Waals surface area contributed by atoms with E-state index in [-0.39, 0.29) is 0 Å². The number of rotatable bonds is 2. The van der Waals surface area contributed by atoms with Gasteiger partial charge in [0.25, 0.3) is 0 Å². The Labute approximate surface area is 79.3 Å². The van der Waals surface area contributed by atoms with Crippen LogP contribution in [0.1, 0.15) is 24.0 Å². The maximum Gasteiger partial charge on any atom is 0.0181 e. The van der Waals surface area contributed by atoms with E-state index in [2.05, 4.69) is 42.0 Å². The molecule has 0 spiro atoms. The van der Waals surface area contributed by atoms with Gasteiger partial charge in [-0.2, -0.15) is 0 Å². The fourth-order valence-corrected chi connectivity index (χ4v) is 1.72. The average molecular weight is 176 g/mol.